The Kier molecular flexibility index (Phi) is 4.18. The fourth-order valence-electron chi connectivity index (χ4n) is 3.06. The lowest BCUT2D eigenvalue weighted by Gasteiger charge is -2.28. The highest BCUT2D eigenvalue weighted by Crippen LogP contribution is 2.35. The second-order valence-electron chi connectivity index (χ2n) is 5.97. The van der Waals surface area contributed by atoms with Gasteiger partial charge in [0.2, 0.25) is 5.95 Å². The van der Waals surface area contributed by atoms with Gasteiger partial charge < -0.3 is 10.6 Å². The second kappa shape index (κ2) is 6.65. The van der Waals surface area contributed by atoms with E-state index >= 15 is 0 Å². The quantitative estimate of drug-likeness (QED) is 0.739. The Labute approximate surface area is 155 Å². The van der Waals surface area contributed by atoms with Crippen molar-refractivity contribution >= 4 is 29.1 Å². The van der Waals surface area contributed by atoms with E-state index in [1.165, 1.54) is 6.33 Å². The lowest BCUT2D eigenvalue weighted by atomic mass is 9.95. The molecule has 3 aromatic rings. The van der Waals surface area contributed by atoms with Crippen molar-refractivity contribution in [2.75, 3.05) is 10.6 Å². The highest BCUT2D eigenvalue weighted by Gasteiger charge is 2.33. The normalized spacial score (nSPS) is 16.0. The summed E-state index contributed by atoms with van der Waals surface area (Å²) >= 11 is 5.92. The van der Waals surface area contributed by atoms with Crippen LogP contribution in [0.2, 0.25) is 5.02 Å². The molecule has 7 heteroatoms. The van der Waals surface area contributed by atoms with Crippen LogP contribution >= 0.6 is 11.6 Å². The molecular weight excluding hydrogens is 350 g/mol. The summed E-state index contributed by atoms with van der Waals surface area (Å²) in [6, 6.07) is 16.4. The highest BCUT2D eigenvalue weighted by molar-refractivity contribution is 6.30. The molecule has 6 nitrogen and oxygen atoms in total. The van der Waals surface area contributed by atoms with Crippen molar-refractivity contribution < 1.29 is 4.79 Å². The number of carbonyl (C=O) groups is 1. The molecule has 130 valence electrons. The Balaban J connectivity index is 1.74. The monoisotopic (exact) mass is 365 g/mol. The third-order valence-corrected chi connectivity index (χ3v) is 4.51. The van der Waals surface area contributed by atoms with Crippen molar-refractivity contribution in [2.24, 2.45) is 0 Å². The van der Waals surface area contributed by atoms with E-state index in [9.17, 15) is 4.79 Å². The Hall–Kier alpha value is -3.12. The number of amides is 1. The van der Waals surface area contributed by atoms with Crippen LogP contribution in [0.3, 0.4) is 0 Å². The topological polar surface area (TPSA) is 71.8 Å². The molecule has 2 aromatic carbocycles. The third kappa shape index (κ3) is 2.95. The number of nitrogens with zero attached hydrogens (tertiary/aromatic N) is 3. The summed E-state index contributed by atoms with van der Waals surface area (Å²) in [5.74, 6) is 0.409. The number of benzene rings is 2. The number of hydrogen-bond acceptors (Lipinski definition) is 4. The number of carbonyl (C=O) groups excluding carboxylic acids is 1. The fraction of sp³-hybridized carbons (Fsp3) is 0.105. The van der Waals surface area contributed by atoms with Crippen LogP contribution < -0.4 is 10.6 Å². The molecule has 0 spiro atoms. The van der Waals surface area contributed by atoms with Gasteiger partial charge >= 0.3 is 0 Å². The summed E-state index contributed by atoms with van der Waals surface area (Å²) in [4.78, 5) is 17.3. The number of halogens is 1. The molecular formula is C19H16ClN5O. The van der Waals surface area contributed by atoms with E-state index in [-0.39, 0.29) is 11.9 Å². The number of allylic oxidation sites excluding steroid dienone is 1. The molecule has 1 amide bonds. The molecule has 0 unspecified atom stereocenters. The average Bonchev–Trinajstić information content (AvgIpc) is 3.11. The molecule has 1 aromatic heterocycles. The van der Waals surface area contributed by atoms with Crippen molar-refractivity contribution in [3.8, 4) is 0 Å². The van der Waals surface area contributed by atoms with Gasteiger partial charge in [0.25, 0.3) is 5.91 Å². The molecule has 2 heterocycles. The van der Waals surface area contributed by atoms with Gasteiger partial charge in [-0.15, -0.1) is 0 Å². The molecule has 26 heavy (non-hydrogen) atoms. The summed E-state index contributed by atoms with van der Waals surface area (Å²) < 4.78 is 1.72. The molecule has 0 fully saturated rings. The van der Waals surface area contributed by atoms with Gasteiger partial charge in [-0.2, -0.15) is 10.1 Å². The number of hydrogen-bond donors (Lipinski definition) is 2. The molecule has 0 bridgehead atoms. The summed E-state index contributed by atoms with van der Waals surface area (Å²) in [5, 5.41) is 11.0. The number of fused-ring (bicyclic) bond motifs is 1. The second-order valence-corrected chi connectivity index (χ2v) is 6.40. The third-order valence-electron chi connectivity index (χ3n) is 4.26. The van der Waals surface area contributed by atoms with Crippen LogP contribution in [0.25, 0.3) is 0 Å². The minimum Gasteiger partial charge on any atom is -0.328 e. The number of rotatable bonds is 3. The fourth-order valence-corrected chi connectivity index (χ4v) is 3.19. The van der Waals surface area contributed by atoms with E-state index in [4.69, 9.17) is 11.6 Å². The lowest BCUT2D eigenvalue weighted by Crippen LogP contribution is -2.31. The standard InChI is InChI=1S/C19H16ClN5O/c1-12-16(18(26)24-15-9-7-14(20)8-10-15)17(13-5-3-2-4-6-13)25-19(23-12)21-11-22-25/h2-11,17H,1H3,(H,24,26)(H,21,22,23)/t17-/m0/s1. The van der Waals surface area contributed by atoms with Gasteiger partial charge in [0.05, 0.1) is 5.57 Å². The van der Waals surface area contributed by atoms with E-state index in [0.717, 1.165) is 11.3 Å². The Morgan fingerprint density at radius 1 is 1.15 bits per heavy atom. The zero-order chi connectivity index (χ0) is 18.1. The van der Waals surface area contributed by atoms with Crippen LogP contribution in [0.5, 0.6) is 0 Å². The molecule has 0 radical (unpaired) electrons. The molecule has 0 saturated carbocycles. The van der Waals surface area contributed by atoms with Crippen molar-refractivity contribution in [2.45, 2.75) is 13.0 Å². The van der Waals surface area contributed by atoms with E-state index in [0.29, 0.717) is 22.2 Å². The number of nitrogens with one attached hydrogen (secondary N) is 2. The molecule has 1 atom stereocenters. The maximum Gasteiger partial charge on any atom is 0.255 e. The maximum atomic E-state index is 13.1. The van der Waals surface area contributed by atoms with Crippen LogP contribution in [0, 0.1) is 0 Å². The van der Waals surface area contributed by atoms with Gasteiger partial charge in [-0.25, -0.2) is 4.68 Å². The molecule has 0 saturated heterocycles. The van der Waals surface area contributed by atoms with Crippen molar-refractivity contribution in [1.29, 1.82) is 0 Å². The summed E-state index contributed by atoms with van der Waals surface area (Å²) in [6.45, 7) is 1.87. The van der Waals surface area contributed by atoms with Crippen molar-refractivity contribution in [3.63, 3.8) is 0 Å². The molecule has 1 aliphatic heterocycles. The highest BCUT2D eigenvalue weighted by atomic mass is 35.5. The Morgan fingerprint density at radius 2 is 1.88 bits per heavy atom. The minimum atomic E-state index is -0.359. The first kappa shape index (κ1) is 16.4. The maximum absolute atomic E-state index is 13.1. The first-order chi connectivity index (χ1) is 12.6. The van der Waals surface area contributed by atoms with E-state index in [1.807, 2.05) is 37.3 Å². The molecule has 1 aliphatic rings. The van der Waals surface area contributed by atoms with Crippen molar-refractivity contribution in [1.82, 2.24) is 14.8 Å². The first-order valence-corrected chi connectivity index (χ1v) is 8.50. The lowest BCUT2D eigenvalue weighted by molar-refractivity contribution is -0.113. The average molecular weight is 366 g/mol. The van der Waals surface area contributed by atoms with Gasteiger partial charge in [0.1, 0.15) is 12.4 Å². The molecule has 4 rings (SSSR count). The van der Waals surface area contributed by atoms with Crippen LogP contribution in [0.1, 0.15) is 18.5 Å². The zero-order valence-electron chi connectivity index (χ0n) is 14.0. The predicted octanol–water partition coefficient (Wildman–Crippen LogP) is 3.86. The minimum absolute atomic E-state index is 0.202. The summed E-state index contributed by atoms with van der Waals surface area (Å²) in [7, 11) is 0. The number of aromatic nitrogens is 3. The zero-order valence-corrected chi connectivity index (χ0v) is 14.7. The van der Waals surface area contributed by atoms with Gasteiger partial charge in [0.15, 0.2) is 0 Å². The summed E-state index contributed by atoms with van der Waals surface area (Å²) in [6.07, 6.45) is 1.48. The van der Waals surface area contributed by atoms with Gasteiger partial charge in [0, 0.05) is 16.4 Å². The van der Waals surface area contributed by atoms with Crippen LogP contribution in [-0.4, -0.2) is 20.7 Å². The smallest absolute Gasteiger partial charge is 0.255 e. The van der Waals surface area contributed by atoms with Gasteiger partial charge in [-0.3, -0.25) is 4.79 Å². The predicted molar refractivity (Wildman–Crippen MR) is 101 cm³/mol. The van der Waals surface area contributed by atoms with Gasteiger partial charge in [-0.05, 0) is 36.8 Å². The molecule has 0 aliphatic carbocycles. The van der Waals surface area contributed by atoms with E-state index < -0.39 is 0 Å². The number of anilines is 2. The van der Waals surface area contributed by atoms with E-state index in [1.54, 1.807) is 28.9 Å². The Bertz CT molecular complexity index is 979. The first-order valence-electron chi connectivity index (χ1n) is 8.12. The van der Waals surface area contributed by atoms with Crippen LogP contribution in [0.4, 0.5) is 11.6 Å². The molecule has 2 N–H and O–H groups in total. The SMILES string of the molecule is CC1=C(C(=O)Nc2ccc(Cl)cc2)[C@H](c2ccccc2)n2ncnc2N1. The Morgan fingerprint density at radius 3 is 2.62 bits per heavy atom. The van der Waals surface area contributed by atoms with Crippen LogP contribution in [0.15, 0.2) is 72.2 Å². The largest absolute Gasteiger partial charge is 0.328 e. The van der Waals surface area contributed by atoms with Crippen LogP contribution in [-0.2, 0) is 4.79 Å². The summed E-state index contributed by atoms with van der Waals surface area (Å²) in [5.41, 5.74) is 2.97. The van der Waals surface area contributed by atoms with Gasteiger partial charge in [-0.1, -0.05) is 41.9 Å². The van der Waals surface area contributed by atoms with E-state index in [2.05, 4.69) is 20.7 Å². The van der Waals surface area contributed by atoms with Crippen molar-refractivity contribution in [3.05, 3.63) is 82.8 Å².